The van der Waals surface area contributed by atoms with E-state index in [0.29, 0.717) is 18.6 Å². The lowest BCUT2D eigenvalue weighted by atomic mass is 9.94. The number of nitrogens with one attached hydrogen (secondary N) is 2. The Morgan fingerprint density at radius 1 is 0.884 bits per heavy atom. The number of allylic oxidation sites excluding steroid dienone is 1. The van der Waals surface area contributed by atoms with Crippen LogP contribution in [0.1, 0.15) is 83.1 Å². The third kappa shape index (κ3) is 5.84. The fraction of sp³-hybridized carbons (Fsp3) is 0.500. The minimum atomic E-state index is -0.513. The van der Waals surface area contributed by atoms with Crippen molar-refractivity contribution in [2.75, 3.05) is 20.1 Å². The van der Waals surface area contributed by atoms with Gasteiger partial charge >= 0.3 is 6.09 Å². The van der Waals surface area contributed by atoms with Gasteiger partial charge < -0.3 is 19.9 Å². The summed E-state index contributed by atoms with van der Waals surface area (Å²) in [5, 5.41) is 3.98. The lowest BCUT2D eigenvalue weighted by Crippen LogP contribution is -2.42. The largest absolute Gasteiger partial charge is 0.444 e. The van der Waals surface area contributed by atoms with Crippen molar-refractivity contribution in [2.24, 2.45) is 5.92 Å². The Bertz CT molecular complexity index is 1500. The maximum Gasteiger partial charge on any atom is 0.410 e. The van der Waals surface area contributed by atoms with Gasteiger partial charge in [-0.15, -0.1) is 0 Å². The quantitative estimate of drug-likeness (QED) is 0.319. The number of benzene rings is 2. The molecule has 1 amide bonds. The van der Waals surface area contributed by atoms with E-state index in [1.165, 1.54) is 60.2 Å². The van der Waals surface area contributed by atoms with Crippen molar-refractivity contribution in [1.82, 2.24) is 25.1 Å². The number of likely N-dealkylation sites (N-methyl/N-ethyl adjacent to an activating group) is 1. The highest BCUT2D eigenvalue weighted by molar-refractivity contribution is 5.75. The molecule has 2 saturated heterocycles. The Morgan fingerprint density at radius 2 is 1.53 bits per heavy atom. The fourth-order valence-electron chi connectivity index (χ4n) is 7.30. The molecule has 3 aliphatic heterocycles. The van der Waals surface area contributed by atoms with E-state index < -0.39 is 5.60 Å². The number of hydrogen-bond acceptors (Lipinski definition) is 5. The van der Waals surface area contributed by atoms with Crippen LogP contribution in [0.5, 0.6) is 0 Å². The third-order valence-corrected chi connectivity index (χ3v) is 9.67. The molecule has 3 fully saturated rings. The number of carbonyl (C=O) groups excluding carboxylic acids is 1. The van der Waals surface area contributed by atoms with Gasteiger partial charge in [0.05, 0.1) is 17.9 Å². The predicted octanol–water partition coefficient (Wildman–Crippen LogP) is 7.39. The van der Waals surface area contributed by atoms with Crippen LogP contribution < -0.4 is 5.32 Å². The molecule has 0 spiro atoms. The van der Waals surface area contributed by atoms with E-state index in [1.807, 2.05) is 27.0 Å². The van der Waals surface area contributed by atoms with E-state index >= 15 is 0 Å². The van der Waals surface area contributed by atoms with Gasteiger partial charge in [-0.05, 0) is 113 Å². The molecule has 1 saturated carbocycles. The van der Waals surface area contributed by atoms with E-state index in [0.717, 1.165) is 42.3 Å². The second-order valence-corrected chi connectivity index (χ2v) is 14.0. The number of aromatic amines is 1. The SMILES string of the molecule is CN1CCC[C@H]1C1CC(c2ccc(-c3ccc(-c4cnc([C@@H]5CCCN5C(=O)OC(C)(C)C)[nH]4)cc3)cc2)=C(C2CC2)N1. The topological polar surface area (TPSA) is 73.5 Å². The molecule has 4 aliphatic rings. The van der Waals surface area contributed by atoms with Crippen LogP contribution >= 0.6 is 0 Å². The molecular formula is C36H45N5O2. The van der Waals surface area contributed by atoms with E-state index in [2.05, 4.69) is 75.8 Å². The molecule has 7 heteroatoms. The maximum absolute atomic E-state index is 12.8. The molecule has 43 heavy (non-hydrogen) atoms. The van der Waals surface area contributed by atoms with Gasteiger partial charge in [-0.2, -0.15) is 0 Å². The standard InChI is InChI=1S/C36H45N5O2/c1-36(2,3)43-35(42)41-20-6-8-32(41)34-37-22-30(39-34)26-15-11-24(12-16-26)23-9-13-25(14-10-23)28-21-29(31-7-5-19-40(31)4)38-33(28)27-17-18-27/h9-16,22,27,29,31-32,38H,5-8,17-21H2,1-4H3,(H,37,39)/t29?,31-,32-/m0/s1. The van der Waals surface area contributed by atoms with Crippen molar-refractivity contribution in [3.05, 3.63) is 71.8 Å². The van der Waals surface area contributed by atoms with Gasteiger partial charge in [0, 0.05) is 24.3 Å². The highest BCUT2D eigenvalue weighted by Crippen LogP contribution is 2.45. The van der Waals surface area contributed by atoms with Crippen LogP contribution in [0.25, 0.3) is 28.0 Å². The highest BCUT2D eigenvalue weighted by atomic mass is 16.6. The number of ether oxygens (including phenoxy) is 1. The first-order chi connectivity index (χ1) is 20.7. The molecule has 2 aromatic carbocycles. The average Bonchev–Trinajstić information content (AvgIpc) is 3.41. The van der Waals surface area contributed by atoms with Crippen molar-refractivity contribution < 1.29 is 9.53 Å². The lowest BCUT2D eigenvalue weighted by Gasteiger charge is -2.27. The number of nitrogens with zero attached hydrogens (tertiary/aromatic N) is 3. The summed E-state index contributed by atoms with van der Waals surface area (Å²) in [4.78, 5) is 25.3. The Kier molecular flexibility index (Phi) is 7.32. The minimum absolute atomic E-state index is 0.0821. The first-order valence-corrected chi connectivity index (χ1v) is 16.2. The summed E-state index contributed by atoms with van der Waals surface area (Å²) in [5.41, 5.74) is 8.39. The number of imidazole rings is 1. The first kappa shape index (κ1) is 28.2. The highest BCUT2D eigenvalue weighted by Gasteiger charge is 2.40. The summed E-state index contributed by atoms with van der Waals surface area (Å²) >= 11 is 0. The van der Waals surface area contributed by atoms with Gasteiger partial charge in [0.25, 0.3) is 0 Å². The fourth-order valence-corrected chi connectivity index (χ4v) is 7.30. The van der Waals surface area contributed by atoms with Gasteiger partial charge in [-0.3, -0.25) is 4.90 Å². The smallest absolute Gasteiger partial charge is 0.410 e. The Morgan fingerprint density at radius 3 is 2.16 bits per heavy atom. The summed E-state index contributed by atoms with van der Waals surface area (Å²) in [6.07, 6.45) is 9.84. The zero-order valence-electron chi connectivity index (χ0n) is 26.0. The summed E-state index contributed by atoms with van der Waals surface area (Å²) in [6, 6.07) is 19.0. The van der Waals surface area contributed by atoms with Gasteiger partial charge in [-0.25, -0.2) is 9.78 Å². The Balaban J connectivity index is 1.04. The number of aromatic nitrogens is 2. The van der Waals surface area contributed by atoms with Crippen LogP contribution in [0, 0.1) is 5.92 Å². The average molecular weight is 580 g/mol. The van der Waals surface area contributed by atoms with Gasteiger partial charge in [0.2, 0.25) is 0 Å². The Labute approximate surface area is 255 Å². The summed E-state index contributed by atoms with van der Waals surface area (Å²) in [7, 11) is 2.29. The van der Waals surface area contributed by atoms with Crippen LogP contribution in [-0.2, 0) is 4.74 Å². The van der Waals surface area contributed by atoms with Gasteiger partial charge in [0.1, 0.15) is 11.4 Å². The van der Waals surface area contributed by atoms with Crippen molar-refractivity contribution in [2.45, 2.75) is 89.4 Å². The zero-order chi connectivity index (χ0) is 29.7. The summed E-state index contributed by atoms with van der Waals surface area (Å²) in [6.45, 7) is 7.62. The predicted molar refractivity (Wildman–Crippen MR) is 171 cm³/mol. The van der Waals surface area contributed by atoms with Crippen molar-refractivity contribution >= 4 is 11.7 Å². The molecule has 1 unspecified atom stereocenters. The first-order valence-electron chi connectivity index (χ1n) is 16.2. The van der Waals surface area contributed by atoms with Gasteiger partial charge in [-0.1, -0.05) is 48.5 Å². The molecule has 0 bridgehead atoms. The van der Waals surface area contributed by atoms with Crippen LogP contribution in [0.3, 0.4) is 0 Å². The van der Waals surface area contributed by atoms with Gasteiger partial charge in [0.15, 0.2) is 0 Å². The number of amides is 1. The minimum Gasteiger partial charge on any atom is -0.444 e. The zero-order valence-corrected chi connectivity index (χ0v) is 26.0. The molecule has 226 valence electrons. The molecule has 1 aliphatic carbocycles. The molecule has 2 N–H and O–H groups in total. The number of likely N-dealkylation sites (tertiary alicyclic amines) is 2. The second kappa shape index (κ2) is 11.2. The number of H-pyrrole nitrogens is 1. The molecule has 0 radical (unpaired) electrons. The third-order valence-electron chi connectivity index (χ3n) is 9.67. The molecule has 7 rings (SSSR count). The summed E-state index contributed by atoms with van der Waals surface area (Å²) in [5.74, 6) is 1.55. The maximum atomic E-state index is 12.8. The van der Waals surface area contributed by atoms with E-state index in [9.17, 15) is 4.79 Å². The number of rotatable bonds is 6. The van der Waals surface area contributed by atoms with E-state index in [4.69, 9.17) is 4.74 Å². The molecule has 3 atom stereocenters. The van der Waals surface area contributed by atoms with E-state index in [-0.39, 0.29) is 12.1 Å². The molecule has 1 aromatic heterocycles. The Hall–Kier alpha value is -3.58. The van der Waals surface area contributed by atoms with Crippen molar-refractivity contribution in [1.29, 1.82) is 0 Å². The van der Waals surface area contributed by atoms with Crippen LogP contribution in [0.4, 0.5) is 4.79 Å². The molecule has 4 heterocycles. The lowest BCUT2D eigenvalue weighted by molar-refractivity contribution is 0.0218. The number of carbonyl (C=O) groups is 1. The van der Waals surface area contributed by atoms with Crippen molar-refractivity contribution in [3.8, 4) is 22.4 Å². The van der Waals surface area contributed by atoms with Crippen LogP contribution in [-0.4, -0.2) is 63.7 Å². The molecule has 7 nitrogen and oxygen atoms in total. The monoisotopic (exact) mass is 579 g/mol. The normalized spacial score (nSPS) is 24.6. The molecular weight excluding hydrogens is 534 g/mol. The van der Waals surface area contributed by atoms with Crippen LogP contribution in [0.15, 0.2) is 60.4 Å². The van der Waals surface area contributed by atoms with Crippen LogP contribution in [0.2, 0.25) is 0 Å². The second-order valence-electron chi connectivity index (χ2n) is 14.0. The number of hydrogen-bond donors (Lipinski definition) is 2. The summed E-state index contributed by atoms with van der Waals surface area (Å²) < 4.78 is 5.64. The van der Waals surface area contributed by atoms with Crippen molar-refractivity contribution in [3.63, 3.8) is 0 Å². The molecule has 3 aromatic rings. The van der Waals surface area contributed by atoms with E-state index in [1.54, 1.807) is 4.90 Å².